The van der Waals surface area contributed by atoms with Crippen LogP contribution in [0.1, 0.15) is 37.7 Å². The molecule has 1 aliphatic rings. The van der Waals surface area contributed by atoms with E-state index >= 15 is 0 Å². The Labute approximate surface area is 79.0 Å². The zero-order valence-corrected chi connectivity index (χ0v) is 8.14. The highest BCUT2D eigenvalue weighted by Gasteiger charge is 2.20. The van der Waals surface area contributed by atoms with Crippen LogP contribution in [0.2, 0.25) is 0 Å². The lowest BCUT2D eigenvalue weighted by Crippen LogP contribution is -2.16. The van der Waals surface area contributed by atoms with Crippen LogP contribution in [0.3, 0.4) is 0 Å². The minimum Gasteiger partial charge on any atom is -0.345 e. The fourth-order valence-corrected chi connectivity index (χ4v) is 1.42. The van der Waals surface area contributed by atoms with Gasteiger partial charge in [-0.2, -0.15) is 0 Å². The summed E-state index contributed by atoms with van der Waals surface area (Å²) < 4.78 is 0. The second-order valence-corrected chi connectivity index (χ2v) is 3.76. The van der Waals surface area contributed by atoms with Crippen molar-refractivity contribution in [3.63, 3.8) is 0 Å². The predicted octanol–water partition coefficient (Wildman–Crippen LogP) is 1.61. The molecule has 1 heterocycles. The van der Waals surface area contributed by atoms with Gasteiger partial charge in [-0.15, -0.1) is 0 Å². The molecule has 1 fully saturated rings. The van der Waals surface area contributed by atoms with E-state index < -0.39 is 0 Å². The van der Waals surface area contributed by atoms with E-state index in [1.165, 1.54) is 25.0 Å². The van der Waals surface area contributed by atoms with Crippen LogP contribution in [0.4, 0.5) is 0 Å². The lowest BCUT2D eigenvalue weighted by molar-refractivity contribution is 0.662. The molecule has 1 aromatic heterocycles. The molecule has 0 atom stereocenters. The number of hydrogen-bond acceptors (Lipinski definition) is 2. The smallest absolute Gasteiger partial charge is 0.120 e. The molecule has 0 bridgehead atoms. The van der Waals surface area contributed by atoms with Crippen molar-refractivity contribution in [1.29, 1.82) is 0 Å². The zero-order valence-electron chi connectivity index (χ0n) is 8.14. The maximum Gasteiger partial charge on any atom is 0.120 e. The Balaban J connectivity index is 1.81. The number of nitrogens with zero attached hydrogens (tertiary/aromatic N) is 1. The molecule has 2 N–H and O–H groups in total. The van der Waals surface area contributed by atoms with Gasteiger partial charge in [0.15, 0.2) is 0 Å². The summed E-state index contributed by atoms with van der Waals surface area (Å²) in [7, 11) is 0. The van der Waals surface area contributed by atoms with Gasteiger partial charge in [-0.05, 0) is 19.3 Å². The van der Waals surface area contributed by atoms with E-state index in [2.05, 4.69) is 22.2 Å². The quantitative estimate of drug-likeness (QED) is 0.721. The number of nitrogens with one attached hydrogen (secondary N) is 2. The zero-order chi connectivity index (χ0) is 9.10. The topological polar surface area (TPSA) is 40.7 Å². The Bertz CT molecular complexity index is 263. The normalized spacial score (nSPS) is 16.4. The average Bonchev–Trinajstić information content (AvgIpc) is 2.85. The predicted molar refractivity (Wildman–Crippen MR) is 52.4 cm³/mol. The van der Waals surface area contributed by atoms with E-state index in [-0.39, 0.29) is 0 Å². The van der Waals surface area contributed by atoms with E-state index in [4.69, 9.17) is 0 Å². The molecule has 0 aromatic carbocycles. The summed E-state index contributed by atoms with van der Waals surface area (Å²) in [6, 6.07) is 0.764. The molecule has 3 nitrogen and oxygen atoms in total. The van der Waals surface area contributed by atoms with Gasteiger partial charge in [0.1, 0.15) is 5.82 Å². The minimum atomic E-state index is 0.764. The van der Waals surface area contributed by atoms with E-state index in [9.17, 15) is 0 Å². The summed E-state index contributed by atoms with van der Waals surface area (Å²) >= 11 is 0. The van der Waals surface area contributed by atoms with Gasteiger partial charge >= 0.3 is 0 Å². The third-order valence-electron chi connectivity index (χ3n) is 2.34. The van der Waals surface area contributed by atoms with Crippen LogP contribution in [0.25, 0.3) is 0 Å². The minimum absolute atomic E-state index is 0.764. The monoisotopic (exact) mass is 179 g/mol. The molecule has 1 saturated carbocycles. The Hall–Kier alpha value is -0.830. The molecule has 2 rings (SSSR count). The van der Waals surface area contributed by atoms with Crippen molar-refractivity contribution in [2.75, 3.05) is 0 Å². The summed E-state index contributed by atoms with van der Waals surface area (Å²) in [5, 5.41) is 3.43. The molecule has 13 heavy (non-hydrogen) atoms. The van der Waals surface area contributed by atoms with Gasteiger partial charge in [0.25, 0.3) is 0 Å². The van der Waals surface area contributed by atoms with Crippen molar-refractivity contribution in [3.8, 4) is 0 Å². The summed E-state index contributed by atoms with van der Waals surface area (Å²) in [4.78, 5) is 7.64. The molecule has 0 aliphatic heterocycles. The fourth-order valence-electron chi connectivity index (χ4n) is 1.42. The van der Waals surface area contributed by atoms with Crippen molar-refractivity contribution in [2.45, 2.75) is 45.2 Å². The van der Waals surface area contributed by atoms with E-state index in [1.807, 2.05) is 6.20 Å². The van der Waals surface area contributed by atoms with Gasteiger partial charge in [0, 0.05) is 17.9 Å². The largest absolute Gasteiger partial charge is 0.345 e. The van der Waals surface area contributed by atoms with Crippen LogP contribution >= 0.6 is 0 Å². The first-order valence-electron chi connectivity index (χ1n) is 5.14. The molecule has 72 valence electrons. The highest BCUT2D eigenvalue weighted by Crippen LogP contribution is 2.18. The van der Waals surface area contributed by atoms with Gasteiger partial charge in [0.2, 0.25) is 0 Å². The molecule has 3 heteroatoms. The van der Waals surface area contributed by atoms with E-state index in [0.29, 0.717) is 0 Å². The average molecular weight is 179 g/mol. The van der Waals surface area contributed by atoms with Crippen LogP contribution in [-0.4, -0.2) is 16.0 Å². The lowest BCUT2D eigenvalue weighted by Gasteiger charge is -1.97. The van der Waals surface area contributed by atoms with E-state index in [0.717, 1.165) is 24.8 Å². The van der Waals surface area contributed by atoms with Crippen molar-refractivity contribution in [1.82, 2.24) is 15.3 Å². The third kappa shape index (κ3) is 2.56. The summed E-state index contributed by atoms with van der Waals surface area (Å²) in [6.45, 7) is 3.08. The first kappa shape index (κ1) is 8.75. The first-order chi connectivity index (χ1) is 6.38. The lowest BCUT2D eigenvalue weighted by atomic mass is 10.3. The first-order valence-corrected chi connectivity index (χ1v) is 5.14. The number of H-pyrrole nitrogens is 1. The molecule has 0 amide bonds. The summed E-state index contributed by atoms with van der Waals surface area (Å²) in [5.41, 5.74) is 1.26. The SMILES string of the molecule is CCCc1cnc(CNC2CC2)[nH]1. The number of hydrogen-bond donors (Lipinski definition) is 2. The Morgan fingerprint density at radius 3 is 3.15 bits per heavy atom. The maximum atomic E-state index is 4.32. The summed E-state index contributed by atoms with van der Waals surface area (Å²) in [6.07, 6.45) is 6.91. The van der Waals surface area contributed by atoms with Gasteiger partial charge in [-0.25, -0.2) is 4.98 Å². The molecule has 1 aliphatic carbocycles. The maximum absolute atomic E-state index is 4.32. The molecular formula is C10H17N3. The highest BCUT2D eigenvalue weighted by atomic mass is 15.0. The van der Waals surface area contributed by atoms with Gasteiger partial charge in [0.05, 0.1) is 6.54 Å². The van der Waals surface area contributed by atoms with Crippen LogP contribution in [-0.2, 0) is 13.0 Å². The molecule has 0 radical (unpaired) electrons. The van der Waals surface area contributed by atoms with Crippen molar-refractivity contribution in [3.05, 3.63) is 17.7 Å². The highest BCUT2D eigenvalue weighted by molar-refractivity contribution is 5.01. The van der Waals surface area contributed by atoms with Crippen molar-refractivity contribution in [2.24, 2.45) is 0 Å². The number of rotatable bonds is 5. The number of imidazole rings is 1. The van der Waals surface area contributed by atoms with Crippen LogP contribution in [0.15, 0.2) is 6.20 Å². The van der Waals surface area contributed by atoms with Crippen LogP contribution in [0.5, 0.6) is 0 Å². The number of aryl methyl sites for hydroxylation is 1. The molecule has 0 saturated heterocycles. The molecule has 0 spiro atoms. The Morgan fingerprint density at radius 1 is 1.62 bits per heavy atom. The van der Waals surface area contributed by atoms with Crippen LogP contribution in [0, 0.1) is 0 Å². The number of aromatic nitrogens is 2. The molecule has 0 unspecified atom stereocenters. The van der Waals surface area contributed by atoms with Crippen molar-refractivity contribution >= 4 is 0 Å². The van der Waals surface area contributed by atoms with Gasteiger partial charge in [-0.3, -0.25) is 0 Å². The molecular weight excluding hydrogens is 162 g/mol. The number of aromatic amines is 1. The Kier molecular flexibility index (Phi) is 2.64. The summed E-state index contributed by atoms with van der Waals surface area (Å²) in [5.74, 6) is 1.08. The van der Waals surface area contributed by atoms with Crippen LogP contribution < -0.4 is 5.32 Å². The third-order valence-corrected chi connectivity index (χ3v) is 2.34. The second kappa shape index (κ2) is 3.92. The standard InChI is InChI=1S/C10H17N3/c1-2-3-9-6-12-10(13-9)7-11-8-4-5-8/h6,8,11H,2-5,7H2,1H3,(H,12,13). The van der Waals surface area contributed by atoms with Crippen molar-refractivity contribution < 1.29 is 0 Å². The molecule has 1 aromatic rings. The fraction of sp³-hybridized carbons (Fsp3) is 0.700. The second-order valence-electron chi connectivity index (χ2n) is 3.76. The Morgan fingerprint density at radius 2 is 2.46 bits per heavy atom. The van der Waals surface area contributed by atoms with E-state index in [1.54, 1.807) is 0 Å². The van der Waals surface area contributed by atoms with Gasteiger partial charge < -0.3 is 10.3 Å². The van der Waals surface area contributed by atoms with Gasteiger partial charge in [-0.1, -0.05) is 13.3 Å².